The molecule has 196 valence electrons. The summed E-state index contributed by atoms with van der Waals surface area (Å²) in [7, 11) is 3.20. The molecule has 8 nitrogen and oxygen atoms in total. The van der Waals surface area contributed by atoms with Gasteiger partial charge in [0.1, 0.15) is 5.60 Å². The quantitative estimate of drug-likeness (QED) is 0.559. The minimum Gasteiger partial charge on any atom is -0.475 e. The molecule has 2 atom stereocenters. The van der Waals surface area contributed by atoms with Crippen LogP contribution in [0.5, 0.6) is 0 Å². The summed E-state index contributed by atoms with van der Waals surface area (Å²) in [6, 6.07) is 17.2. The number of carboxylic acid groups (broad SMARTS) is 1. The third-order valence-electron chi connectivity index (χ3n) is 6.25. The molecule has 1 aliphatic heterocycles. The lowest BCUT2D eigenvalue weighted by Gasteiger charge is -2.44. The summed E-state index contributed by atoms with van der Waals surface area (Å²) in [5, 5.41) is 16.8. The van der Waals surface area contributed by atoms with Crippen LogP contribution in [-0.4, -0.2) is 58.9 Å². The molecule has 0 saturated heterocycles. The fourth-order valence-electron chi connectivity index (χ4n) is 4.35. The van der Waals surface area contributed by atoms with Gasteiger partial charge >= 0.3 is 12.1 Å². The van der Waals surface area contributed by atoms with Crippen molar-refractivity contribution < 1.29 is 37.7 Å². The molecular weight excluding hydrogens is 491 g/mol. The minimum atomic E-state index is -5.08. The van der Waals surface area contributed by atoms with Crippen LogP contribution in [0.1, 0.15) is 23.1 Å². The Balaban J connectivity index is 0.000000479. The lowest BCUT2D eigenvalue weighted by atomic mass is 9.68. The molecule has 0 saturated carbocycles. The molecule has 0 spiro atoms. The molecule has 37 heavy (non-hydrogen) atoms. The van der Waals surface area contributed by atoms with Gasteiger partial charge in [-0.1, -0.05) is 66.7 Å². The molecule has 4 rings (SSSR count). The summed E-state index contributed by atoms with van der Waals surface area (Å²) in [5.74, 6) is -2.89. The Labute approximate surface area is 211 Å². The van der Waals surface area contributed by atoms with Gasteiger partial charge in [0.05, 0.1) is 6.61 Å². The first-order chi connectivity index (χ1) is 17.4. The zero-order valence-electron chi connectivity index (χ0n) is 20.1. The van der Waals surface area contributed by atoms with E-state index in [1.807, 2.05) is 60.7 Å². The van der Waals surface area contributed by atoms with E-state index in [0.717, 1.165) is 11.1 Å². The van der Waals surface area contributed by atoms with Crippen molar-refractivity contribution in [2.45, 2.75) is 30.3 Å². The summed E-state index contributed by atoms with van der Waals surface area (Å²) in [4.78, 5) is 28.6. The van der Waals surface area contributed by atoms with E-state index in [1.54, 1.807) is 26.3 Å². The summed E-state index contributed by atoms with van der Waals surface area (Å²) in [5.41, 5.74) is 7.04. The van der Waals surface area contributed by atoms with Crippen molar-refractivity contribution >= 4 is 23.4 Å². The SMILES string of the molecule is COC1(C2(c3cccc(CO)c3)N=C(N)N(C)C2=O)C=CC=C(c2ccccc2)C1.O=C(O)C(F)(F)F. The van der Waals surface area contributed by atoms with Crippen molar-refractivity contribution in [1.82, 2.24) is 4.90 Å². The number of methoxy groups -OCH3 is 1. The predicted molar refractivity (Wildman–Crippen MR) is 130 cm³/mol. The van der Waals surface area contributed by atoms with Gasteiger partial charge in [-0.2, -0.15) is 13.2 Å². The Kier molecular flexibility index (Phi) is 7.89. The highest BCUT2D eigenvalue weighted by atomic mass is 19.4. The Morgan fingerprint density at radius 3 is 2.35 bits per heavy atom. The molecular formula is C26H26F3N3O5. The van der Waals surface area contributed by atoms with Crippen LogP contribution in [0.3, 0.4) is 0 Å². The summed E-state index contributed by atoms with van der Waals surface area (Å²) >= 11 is 0. The first kappa shape index (κ1) is 27.6. The van der Waals surface area contributed by atoms with E-state index in [1.165, 1.54) is 4.90 Å². The molecule has 2 aromatic rings. The van der Waals surface area contributed by atoms with Crippen molar-refractivity contribution in [3.05, 3.63) is 89.5 Å². The van der Waals surface area contributed by atoms with Crippen LogP contribution in [-0.2, 0) is 26.5 Å². The first-order valence-electron chi connectivity index (χ1n) is 11.0. The zero-order chi connectivity index (χ0) is 27.4. The van der Waals surface area contributed by atoms with Crippen LogP contribution >= 0.6 is 0 Å². The highest BCUT2D eigenvalue weighted by molar-refractivity contribution is 6.08. The lowest BCUT2D eigenvalue weighted by molar-refractivity contribution is -0.192. The number of aliphatic carboxylic acids is 1. The van der Waals surface area contributed by atoms with Crippen molar-refractivity contribution in [3.63, 3.8) is 0 Å². The topological polar surface area (TPSA) is 125 Å². The van der Waals surface area contributed by atoms with Gasteiger partial charge in [0, 0.05) is 20.6 Å². The Hall–Kier alpha value is -3.96. The van der Waals surface area contributed by atoms with Crippen LogP contribution in [0, 0.1) is 0 Å². The molecule has 0 radical (unpaired) electrons. The second kappa shape index (κ2) is 10.6. The number of likely N-dealkylation sites (N-methyl/N-ethyl adjacent to an activating group) is 1. The van der Waals surface area contributed by atoms with E-state index in [4.69, 9.17) is 25.4 Å². The Bertz CT molecular complexity index is 1260. The van der Waals surface area contributed by atoms with Crippen molar-refractivity contribution in [1.29, 1.82) is 0 Å². The zero-order valence-corrected chi connectivity index (χ0v) is 20.1. The number of carboxylic acids is 1. The predicted octanol–water partition coefficient (Wildman–Crippen LogP) is 3.22. The lowest BCUT2D eigenvalue weighted by Crippen LogP contribution is -2.57. The number of halogens is 3. The Morgan fingerprint density at radius 2 is 1.84 bits per heavy atom. The second-order valence-electron chi connectivity index (χ2n) is 8.39. The van der Waals surface area contributed by atoms with Crippen LogP contribution in [0.4, 0.5) is 13.2 Å². The standard InChI is InChI=1S/C24H25N3O3.C2HF3O2/c1-27-21(29)24(26-22(27)25,20-12-6-8-17(14-20)16-28)23(30-2)13-7-11-19(15-23)18-9-4-3-5-10-18;3-2(4,5)1(6)7/h3-14,28H,15-16H2,1-2H3,(H2,25,26);(H,6,7). The molecule has 11 heteroatoms. The van der Waals surface area contributed by atoms with Gasteiger partial charge < -0.3 is 20.7 Å². The number of amides is 1. The number of aliphatic hydroxyl groups is 1. The summed E-state index contributed by atoms with van der Waals surface area (Å²) in [6.07, 6.45) is 1.17. The van der Waals surface area contributed by atoms with Crippen molar-refractivity contribution in [2.24, 2.45) is 10.7 Å². The van der Waals surface area contributed by atoms with Gasteiger partial charge in [0.15, 0.2) is 5.96 Å². The molecule has 1 amide bonds. The van der Waals surface area contributed by atoms with Gasteiger partial charge in [-0.05, 0) is 28.3 Å². The molecule has 0 bridgehead atoms. The van der Waals surface area contributed by atoms with Gasteiger partial charge in [-0.15, -0.1) is 0 Å². The van der Waals surface area contributed by atoms with Crippen molar-refractivity contribution in [3.8, 4) is 0 Å². The van der Waals surface area contributed by atoms with Gasteiger partial charge in [-0.3, -0.25) is 9.69 Å². The van der Waals surface area contributed by atoms with Crippen LogP contribution < -0.4 is 5.73 Å². The minimum absolute atomic E-state index is 0.134. The number of ether oxygens (including phenoxy) is 1. The number of nitrogens with zero attached hydrogens (tertiary/aromatic N) is 2. The third-order valence-corrected chi connectivity index (χ3v) is 6.25. The fourth-order valence-corrected chi connectivity index (χ4v) is 4.35. The molecule has 1 aliphatic carbocycles. The fraction of sp³-hybridized carbons (Fsp3) is 0.269. The first-order valence-corrected chi connectivity index (χ1v) is 11.0. The molecule has 2 unspecified atom stereocenters. The van der Waals surface area contributed by atoms with Crippen LogP contribution in [0.15, 0.2) is 77.8 Å². The average Bonchev–Trinajstić information content (AvgIpc) is 3.14. The second-order valence-corrected chi connectivity index (χ2v) is 8.39. The van der Waals surface area contributed by atoms with E-state index in [2.05, 4.69) is 0 Å². The number of carbonyl (C=O) groups is 2. The van der Waals surface area contributed by atoms with E-state index in [0.29, 0.717) is 17.5 Å². The van der Waals surface area contributed by atoms with Crippen molar-refractivity contribution in [2.75, 3.05) is 14.2 Å². The normalized spacial score (nSPS) is 23.2. The Morgan fingerprint density at radius 1 is 1.19 bits per heavy atom. The maximum Gasteiger partial charge on any atom is 0.490 e. The average molecular weight is 518 g/mol. The van der Waals surface area contributed by atoms with Gasteiger partial charge in [0.25, 0.3) is 5.91 Å². The number of alkyl halides is 3. The van der Waals surface area contributed by atoms with E-state index < -0.39 is 23.3 Å². The highest BCUT2D eigenvalue weighted by Crippen LogP contribution is 2.50. The molecule has 1 heterocycles. The number of hydrogen-bond acceptors (Lipinski definition) is 6. The number of carbonyl (C=O) groups excluding carboxylic acids is 1. The van der Waals surface area contributed by atoms with E-state index >= 15 is 0 Å². The number of benzene rings is 2. The monoisotopic (exact) mass is 517 g/mol. The number of allylic oxidation sites excluding steroid dienone is 2. The molecule has 0 fully saturated rings. The number of hydrogen-bond donors (Lipinski definition) is 3. The number of rotatable bonds is 5. The molecule has 4 N–H and O–H groups in total. The maximum atomic E-state index is 13.7. The van der Waals surface area contributed by atoms with Crippen LogP contribution in [0.25, 0.3) is 5.57 Å². The maximum absolute atomic E-state index is 13.7. The summed E-state index contributed by atoms with van der Waals surface area (Å²) < 4.78 is 37.8. The molecule has 2 aliphatic rings. The largest absolute Gasteiger partial charge is 0.490 e. The van der Waals surface area contributed by atoms with E-state index in [9.17, 15) is 23.1 Å². The van der Waals surface area contributed by atoms with E-state index in [-0.39, 0.29) is 18.5 Å². The smallest absolute Gasteiger partial charge is 0.475 e. The third kappa shape index (κ3) is 5.13. The highest BCUT2D eigenvalue weighted by Gasteiger charge is 2.62. The summed E-state index contributed by atoms with van der Waals surface area (Å²) in [6.45, 7) is -0.141. The van der Waals surface area contributed by atoms with Gasteiger partial charge in [-0.25, -0.2) is 9.79 Å². The number of nitrogens with two attached hydrogens (primary N) is 1. The number of guanidine groups is 1. The number of aliphatic hydroxyl groups excluding tert-OH is 1. The van der Waals surface area contributed by atoms with Gasteiger partial charge in [0.2, 0.25) is 5.54 Å². The van der Waals surface area contributed by atoms with Crippen LogP contribution in [0.2, 0.25) is 0 Å². The molecule has 0 aromatic heterocycles. The number of aliphatic imine (C=N–C) groups is 1. The molecule has 2 aromatic carbocycles.